The van der Waals surface area contributed by atoms with E-state index in [-0.39, 0.29) is 11.9 Å². The molecule has 4 heteroatoms. The SMILES string of the molecule is COc1c(CC(C)=O)cccc1OC1CCN(C)CC1. The van der Waals surface area contributed by atoms with E-state index >= 15 is 0 Å². The molecule has 1 heterocycles. The molecule has 2 rings (SSSR count). The number of carbonyl (C=O) groups excluding carboxylic acids is 1. The fourth-order valence-corrected chi connectivity index (χ4v) is 2.58. The van der Waals surface area contributed by atoms with Crippen molar-refractivity contribution in [2.75, 3.05) is 27.2 Å². The Morgan fingerprint density at radius 2 is 2.05 bits per heavy atom. The van der Waals surface area contributed by atoms with Gasteiger partial charge in [0.05, 0.1) is 7.11 Å². The molecular weight excluding hydrogens is 254 g/mol. The van der Waals surface area contributed by atoms with Gasteiger partial charge in [0, 0.05) is 25.1 Å². The van der Waals surface area contributed by atoms with Crippen molar-refractivity contribution in [3.63, 3.8) is 0 Å². The van der Waals surface area contributed by atoms with Gasteiger partial charge >= 0.3 is 0 Å². The van der Waals surface area contributed by atoms with E-state index in [2.05, 4.69) is 11.9 Å². The normalized spacial score (nSPS) is 16.9. The Morgan fingerprint density at radius 1 is 1.35 bits per heavy atom. The van der Waals surface area contributed by atoms with Gasteiger partial charge in [-0.15, -0.1) is 0 Å². The van der Waals surface area contributed by atoms with Crippen LogP contribution in [0.3, 0.4) is 0 Å². The summed E-state index contributed by atoms with van der Waals surface area (Å²) in [4.78, 5) is 13.6. The molecule has 1 aromatic rings. The third kappa shape index (κ3) is 3.73. The second-order valence-corrected chi connectivity index (χ2v) is 5.45. The maximum atomic E-state index is 11.3. The van der Waals surface area contributed by atoms with Gasteiger partial charge in [-0.05, 0) is 32.9 Å². The van der Waals surface area contributed by atoms with E-state index in [1.165, 1.54) is 0 Å². The van der Waals surface area contributed by atoms with Crippen LogP contribution in [0.4, 0.5) is 0 Å². The fourth-order valence-electron chi connectivity index (χ4n) is 2.58. The molecule has 0 saturated carbocycles. The van der Waals surface area contributed by atoms with Crippen LogP contribution in [0, 0.1) is 0 Å². The van der Waals surface area contributed by atoms with Crippen LogP contribution < -0.4 is 9.47 Å². The summed E-state index contributed by atoms with van der Waals surface area (Å²) in [5.74, 6) is 1.57. The summed E-state index contributed by atoms with van der Waals surface area (Å²) in [6.07, 6.45) is 2.66. The zero-order valence-electron chi connectivity index (χ0n) is 12.5. The van der Waals surface area contributed by atoms with E-state index in [0.717, 1.165) is 37.2 Å². The molecule has 1 aromatic carbocycles. The molecule has 0 N–H and O–H groups in total. The molecule has 20 heavy (non-hydrogen) atoms. The molecular formula is C16H23NO3. The highest BCUT2D eigenvalue weighted by atomic mass is 16.5. The molecule has 0 atom stereocenters. The Hall–Kier alpha value is -1.55. The van der Waals surface area contributed by atoms with Gasteiger partial charge in [0.25, 0.3) is 0 Å². The predicted molar refractivity (Wildman–Crippen MR) is 78.5 cm³/mol. The zero-order chi connectivity index (χ0) is 14.5. The quantitative estimate of drug-likeness (QED) is 0.828. The van der Waals surface area contributed by atoms with Crippen molar-refractivity contribution >= 4 is 5.78 Å². The Bertz CT molecular complexity index is 465. The number of piperidine rings is 1. The van der Waals surface area contributed by atoms with E-state index in [1.807, 2.05) is 18.2 Å². The zero-order valence-corrected chi connectivity index (χ0v) is 12.5. The summed E-state index contributed by atoms with van der Waals surface area (Å²) in [6, 6.07) is 5.76. The Labute approximate surface area is 120 Å². The van der Waals surface area contributed by atoms with Gasteiger partial charge in [0.15, 0.2) is 11.5 Å². The first-order valence-corrected chi connectivity index (χ1v) is 7.10. The lowest BCUT2D eigenvalue weighted by molar-refractivity contribution is -0.116. The molecule has 0 aliphatic carbocycles. The highest BCUT2D eigenvalue weighted by Gasteiger charge is 2.20. The largest absolute Gasteiger partial charge is 0.493 e. The number of benzene rings is 1. The number of ketones is 1. The first kappa shape index (κ1) is 14.9. The van der Waals surface area contributed by atoms with Gasteiger partial charge in [-0.25, -0.2) is 0 Å². The highest BCUT2D eigenvalue weighted by Crippen LogP contribution is 2.33. The first-order valence-electron chi connectivity index (χ1n) is 7.10. The Balaban J connectivity index is 2.12. The van der Waals surface area contributed by atoms with Crippen LogP contribution in [0.15, 0.2) is 18.2 Å². The minimum Gasteiger partial charge on any atom is -0.493 e. The lowest BCUT2D eigenvalue weighted by Crippen LogP contribution is -2.35. The summed E-state index contributed by atoms with van der Waals surface area (Å²) in [7, 11) is 3.75. The lowest BCUT2D eigenvalue weighted by atomic mass is 10.1. The summed E-state index contributed by atoms with van der Waals surface area (Å²) >= 11 is 0. The maximum Gasteiger partial charge on any atom is 0.164 e. The topological polar surface area (TPSA) is 38.8 Å². The Kier molecular flexibility index (Phi) is 5.01. The predicted octanol–water partition coefficient (Wildman–Crippen LogP) is 2.30. The molecule has 1 saturated heterocycles. The molecule has 1 fully saturated rings. The highest BCUT2D eigenvalue weighted by molar-refractivity contribution is 5.79. The third-order valence-corrected chi connectivity index (χ3v) is 3.66. The van der Waals surface area contributed by atoms with Gasteiger partial charge in [0.1, 0.15) is 11.9 Å². The summed E-state index contributed by atoms with van der Waals surface area (Å²) in [5, 5.41) is 0. The van der Waals surface area contributed by atoms with Crippen LogP contribution in [0.1, 0.15) is 25.3 Å². The summed E-state index contributed by atoms with van der Waals surface area (Å²) in [6.45, 7) is 3.70. The molecule has 1 aliphatic rings. The van der Waals surface area contributed by atoms with Crippen LogP contribution in [0.25, 0.3) is 0 Å². The number of methoxy groups -OCH3 is 1. The van der Waals surface area contributed by atoms with Crippen molar-refractivity contribution in [1.82, 2.24) is 4.90 Å². The molecule has 0 amide bonds. The first-order chi connectivity index (χ1) is 9.60. The minimum absolute atomic E-state index is 0.125. The van der Waals surface area contributed by atoms with Crippen molar-refractivity contribution in [2.45, 2.75) is 32.3 Å². The smallest absolute Gasteiger partial charge is 0.164 e. The lowest BCUT2D eigenvalue weighted by Gasteiger charge is -2.30. The molecule has 0 unspecified atom stereocenters. The number of likely N-dealkylation sites (tertiary alicyclic amines) is 1. The summed E-state index contributed by atoms with van der Waals surface area (Å²) in [5.41, 5.74) is 0.894. The molecule has 0 radical (unpaired) electrons. The second-order valence-electron chi connectivity index (χ2n) is 5.45. The van der Waals surface area contributed by atoms with E-state index in [1.54, 1.807) is 14.0 Å². The van der Waals surface area contributed by atoms with Gasteiger partial charge in [-0.1, -0.05) is 12.1 Å². The van der Waals surface area contributed by atoms with E-state index in [0.29, 0.717) is 12.2 Å². The van der Waals surface area contributed by atoms with Gasteiger partial charge < -0.3 is 14.4 Å². The number of rotatable bonds is 5. The standard InChI is InChI=1S/C16H23NO3/c1-12(18)11-13-5-4-6-15(16(13)19-3)20-14-7-9-17(2)10-8-14/h4-6,14H,7-11H2,1-3H3. The fraction of sp³-hybridized carbons (Fsp3) is 0.562. The summed E-state index contributed by atoms with van der Waals surface area (Å²) < 4.78 is 11.5. The number of Topliss-reactive ketones (excluding diaryl/α,β-unsaturated/α-hetero) is 1. The number of hydrogen-bond donors (Lipinski definition) is 0. The van der Waals surface area contributed by atoms with Crippen LogP contribution in [-0.2, 0) is 11.2 Å². The molecule has 110 valence electrons. The number of para-hydroxylation sites is 1. The molecule has 1 aliphatic heterocycles. The third-order valence-electron chi connectivity index (χ3n) is 3.66. The Morgan fingerprint density at radius 3 is 2.65 bits per heavy atom. The maximum absolute atomic E-state index is 11.3. The van der Waals surface area contributed by atoms with Crippen molar-refractivity contribution in [3.05, 3.63) is 23.8 Å². The molecule has 0 aromatic heterocycles. The van der Waals surface area contributed by atoms with E-state index in [4.69, 9.17) is 9.47 Å². The molecule has 0 bridgehead atoms. The van der Waals surface area contributed by atoms with E-state index in [9.17, 15) is 4.79 Å². The number of ether oxygens (including phenoxy) is 2. The minimum atomic E-state index is 0.125. The average Bonchev–Trinajstić information content (AvgIpc) is 2.41. The van der Waals surface area contributed by atoms with Crippen LogP contribution in [0.5, 0.6) is 11.5 Å². The van der Waals surface area contributed by atoms with Crippen LogP contribution >= 0.6 is 0 Å². The van der Waals surface area contributed by atoms with Gasteiger partial charge in [-0.3, -0.25) is 4.79 Å². The van der Waals surface area contributed by atoms with Crippen molar-refractivity contribution < 1.29 is 14.3 Å². The van der Waals surface area contributed by atoms with Crippen LogP contribution in [-0.4, -0.2) is 44.0 Å². The van der Waals surface area contributed by atoms with E-state index < -0.39 is 0 Å². The molecule has 4 nitrogen and oxygen atoms in total. The van der Waals surface area contributed by atoms with Crippen molar-refractivity contribution in [2.24, 2.45) is 0 Å². The molecule has 0 spiro atoms. The van der Waals surface area contributed by atoms with Gasteiger partial charge in [0.2, 0.25) is 0 Å². The number of hydrogen-bond acceptors (Lipinski definition) is 4. The number of nitrogens with zero attached hydrogens (tertiary/aromatic N) is 1. The number of carbonyl (C=O) groups is 1. The van der Waals surface area contributed by atoms with Crippen LogP contribution in [0.2, 0.25) is 0 Å². The average molecular weight is 277 g/mol. The van der Waals surface area contributed by atoms with Gasteiger partial charge in [-0.2, -0.15) is 0 Å². The second kappa shape index (κ2) is 6.75. The van der Waals surface area contributed by atoms with Crippen molar-refractivity contribution in [3.8, 4) is 11.5 Å². The van der Waals surface area contributed by atoms with Crippen molar-refractivity contribution in [1.29, 1.82) is 0 Å². The monoisotopic (exact) mass is 277 g/mol.